The number of piperazine rings is 1. The monoisotopic (exact) mass is 368 g/mol. The van der Waals surface area contributed by atoms with Gasteiger partial charge in [0.1, 0.15) is 5.82 Å². The van der Waals surface area contributed by atoms with Crippen molar-refractivity contribution < 1.29 is 9.18 Å². The van der Waals surface area contributed by atoms with Gasteiger partial charge < -0.3 is 9.80 Å². The minimum atomic E-state index is -0.217. The van der Waals surface area contributed by atoms with E-state index in [1.165, 1.54) is 17.8 Å². The number of thioether (sulfide) groups is 1. The number of nitrogens with zero attached hydrogens (tertiary/aromatic N) is 4. The van der Waals surface area contributed by atoms with Gasteiger partial charge in [-0.05, 0) is 41.6 Å². The number of rotatable bonds is 2. The molecule has 5 nitrogen and oxygen atoms in total. The standard InChI is InChI=1S/C19H17FN4OS/c20-15-5-1-2-6-16(15)23-8-10-24(11-9-23)19-22-18(25)17(26-19)12-14-4-3-7-21-13-14/h1-7,12-13H,8-11H2/b17-12-. The highest BCUT2D eigenvalue weighted by Gasteiger charge is 2.28. The predicted octanol–water partition coefficient (Wildman–Crippen LogP) is 3.01. The number of benzene rings is 1. The molecule has 3 heterocycles. The van der Waals surface area contributed by atoms with Crippen LogP contribution in [0.4, 0.5) is 10.1 Å². The molecule has 1 saturated heterocycles. The average Bonchev–Trinajstić information content (AvgIpc) is 3.04. The molecule has 2 aromatic rings. The van der Waals surface area contributed by atoms with Crippen molar-refractivity contribution in [2.45, 2.75) is 0 Å². The number of aromatic nitrogens is 1. The maximum atomic E-state index is 13.9. The minimum Gasteiger partial charge on any atom is -0.366 e. The first-order chi connectivity index (χ1) is 12.7. The van der Waals surface area contributed by atoms with E-state index >= 15 is 0 Å². The normalized spacial score (nSPS) is 19.2. The molecule has 1 fully saturated rings. The van der Waals surface area contributed by atoms with Crippen molar-refractivity contribution >= 4 is 34.6 Å². The van der Waals surface area contributed by atoms with Gasteiger partial charge in [0, 0.05) is 38.6 Å². The lowest BCUT2D eigenvalue weighted by Crippen LogP contribution is -2.48. The molecule has 2 aliphatic rings. The molecule has 0 radical (unpaired) electrons. The number of carbonyl (C=O) groups excluding carboxylic acids is 1. The molecule has 0 N–H and O–H groups in total. The Balaban J connectivity index is 1.41. The maximum absolute atomic E-state index is 13.9. The number of hydrogen-bond donors (Lipinski definition) is 0. The SMILES string of the molecule is O=C1N=C(N2CCN(c3ccccc3F)CC2)S/C1=C\c1cccnc1. The fourth-order valence-electron chi connectivity index (χ4n) is 2.99. The Morgan fingerprint density at radius 2 is 1.81 bits per heavy atom. The molecule has 0 spiro atoms. The van der Waals surface area contributed by atoms with E-state index in [4.69, 9.17) is 0 Å². The highest BCUT2D eigenvalue weighted by molar-refractivity contribution is 8.18. The third-order valence-electron chi connectivity index (χ3n) is 4.33. The van der Waals surface area contributed by atoms with Crippen molar-refractivity contribution in [3.05, 3.63) is 65.1 Å². The molecule has 132 valence electrons. The van der Waals surface area contributed by atoms with Crippen LogP contribution in [-0.2, 0) is 4.79 Å². The summed E-state index contributed by atoms with van der Waals surface area (Å²) in [6, 6.07) is 10.5. The van der Waals surface area contributed by atoms with E-state index in [2.05, 4.69) is 14.9 Å². The van der Waals surface area contributed by atoms with Crippen LogP contribution in [0, 0.1) is 5.82 Å². The molecule has 0 aliphatic carbocycles. The number of hydrogen-bond acceptors (Lipinski definition) is 5. The van der Waals surface area contributed by atoms with Crippen LogP contribution < -0.4 is 4.90 Å². The number of anilines is 1. The minimum absolute atomic E-state index is 0.203. The van der Waals surface area contributed by atoms with Gasteiger partial charge in [-0.15, -0.1) is 0 Å². The number of aliphatic imine (C=N–C) groups is 1. The number of amidine groups is 1. The third-order valence-corrected chi connectivity index (χ3v) is 5.38. The summed E-state index contributed by atoms with van der Waals surface area (Å²) >= 11 is 1.39. The lowest BCUT2D eigenvalue weighted by molar-refractivity contribution is -0.113. The van der Waals surface area contributed by atoms with Gasteiger partial charge in [-0.3, -0.25) is 9.78 Å². The Morgan fingerprint density at radius 3 is 2.54 bits per heavy atom. The van der Waals surface area contributed by atoms with Gasteiger partial charge in [-0.1, -0.05) is 18.2 Å². The summed E-state index contributed by atoms with van der Waals surface area (Å²) in [7, 11) is 0. The quantitative estimate of drug-likeness (QED) is 0.763. The summed E-state index contributed by atoms with van der Waals surface area (Å²) in [6.07, 6.45) is 5.22. The molecule has 0 atom stereocenters. The maximum Gasteiger partial charge on any atom is 0.286 e. The first kappa shape index (κ1) is 16.8. The molecule has 1 aromatic carbocycles. The van der Waals surface area contributed by atoms with Gasteiger partial charge >= 0.3 is 0 Å². The zero-order chi connectivity index (χ0) is 17.9. The van der Waals surface area contributed by atoms with Crippen molar-refractivity contribution in [2.24, 2.45) is 4.99 Å². The first-order valence-corrected chi connectivity index (χ1v) is 9.19. The largest absolute Gasteiger partial charge is 0.366 e. The number of halogens is 1. The smallest absolute Gasteiger partial charge is 0.286 e. The molecule has 0 bridgehead atoms. The summed E-state index contributed by atoms with van der Waals surface area (Å²) < 4.78 is 13.9. The number of carbonyl (C=O) groups is 1. The Kier molecular flexibility index (Phi) is 4.71. The molecule has 4 rings (SSSR count). The molecular weight excluding hydrogens is 351 g/mol. The fraction of sp³-hybridized carbons (Fsp3) is 0.211. The molecular formula is C19H17FN4OS. The summed E-state index contributed by atoms with van der Waals surface area (Å²) in [5.41, 5.74) is 1.51. The van der Waals surface area contributed by atoms with E-state index in [0.717, 1.165) is 10.7 Å². The van der Waals surface area contributed by atoms with Crippen molar-refractivity contribution in [3.8, 4) is 0 Å². The van der Waals surface area contributed by atoms with Gasteiger partial charge in [-0.25, -0.2) is 4.39 Å². The average molecular weight is 368 g/mol. The molecule has 26 heavy (non-hydrogen) atoms. The second kappa shape index (κ2) is 7.29. The topological polar surface area (TPSA) is 48.8 Å². The summed E-state index contributed by atoms with van der Waals surface area (Å²) in [5, 5.41) is 0.721. The van der Waals surface area contributed by atoms with Crippen molar-refractivity contribution in [2.75, 3.05) is 31.1 Å². The van der Waals surface area contributed by atoms with Crippen LogP contribution in [0.2, 0.25) is 0 Å². The third kappa shape index (κ3) is 3.48. The first-order valence-electron chi connectivity index (χ1n) is 8.38. The van der Waals surface area contributed by atoms with Gasteiger partial charge in [0.05, 0.1) is 10.6 Å². The zero-order valence-corrected chi connectivity index (χ0v) is 14.8. The second-order valence-electron chi connectivity index (χ2n) is 6.02. The van der Waals surface area contributed by atoms with Crippen LogP contribution >= 0.6 is 11.8 Å². The molecule has 0 saturated carbocycles. The van der Waals surface area contributed by atoms with Crippen LogP contribution in [0.25, 0.3) is 6.08 Å². The molecule has 2 aliphatic heterocycles. The zero-order valence-electron chi connectivity index (χ0n) is 14.0. The molecule has 7 heteroatoms. The Labute approximate surface area is 155 Å². The number of para-hydroxylation sites is 1. The number of amides is 1. The van der Waals surface area contributed by atoms with E-state index in [0.29, 0.717) is 36.8 Å². The van der Waals surface area contributed by atoms with Crippen molar-refractivity contribution in [1.82, 2.24) is 9.88 Å². The van der Waals surface area contributed by atoms with Crippen LogP contribution in [0.1, 0.15) is 5.56 Å². The summed E-state index contributed by atoms with van der Waals surface area (Å²) in [5.74, 6) is -0.421. The predicted molar refractivity (Wildman–Crippen MR) is 102 cm³/mol. The highest BCUT2D eigenvalue weighted by Crippen LogP contribution is 2.31. The van der Waals surface area contributed by atoms with E-state index in [9.17, 15) is 9.18 Å². The van der Waals surface area contributed by atoms with E-state index in [1.54, 1.807) is 24.5 Å². The Hall–Kier alpha value is -2.67. The van der Waals surface area contributed by atoms with Gasteiger partial charge in [-0.2, -0.15) is 4.99 Å². The van der Waals surface area contributed by atoms with Gasteiger partial charge in [0.2, 0.25) is 0 Å². The highest BCUT2D eigenvalue weighted by atomic mass is 32.2. The van der Waals surface area contributed by atoms with Gasteiger partial charge in [0.25, 0.3) is 5.91 Å². The Morgan fingerprint density at radius 1 is 1.04 bits per heavy atom. The second-order valence-corrected chi connectivity index (χ2v) is 7.03. The van der Waals surface area contributed by atoms with Crippen LogP contribution in [0.15, 0.2) is 58.7 Å². The molecule has 1 aromatic heterocycles. The van der Waals surface area contributed by atoms with E-state index < -0.39 is 0 Å². The van der Waals surface area contributed by atoms with E-state index in [-0.39, 0.29) is 11.7 Å². The molecule has 0 unspecified atom stereocenters. The van der Waals surface area contributed by atoms with Crippen LogP contribution in [0.5, 0.6) is 0 Å². The van der Waals surface area contributed by atoms with Gasteiger partial charge in [0.15, 0.2) is 5.17 Å². The fourth-order valence-corrected chi connectivity index (χ4v) is 3.96. The lowest BCUT2D eigenvalue weighted by atomic mass is 10.2. The van der Waals surface area contributed by atoms with Crippen molar-refractivity contribution in [3.63, 3.8) is 0 Å². The molecule has 1 amide bonds. The lowest BCUT2D eigenvalue weighted by Gasteiger charge is -2.36. The Bertz CT molecular complexity index is 876. The van der Waals surface area contributed by atoms with Crippen LogP contribution in [-0.4, -0.2) is 47.1 Å². The van der Waals surface area contributed by atoms with E-state index in [1.807, 2.05) is 29.2 Å². The number of pyridine rings is 1. The van der Waals surface area contributed by atoms with Crippen LogP contribution in [0.3, 0.4) is 0 Å². The summed E-state index contributed by atoms with van der Waals surface area (Å²) in [4.78, 5) is 25.1. The summed E-state index contributed by atoms with van der Waals surface area (Å²) in [6.45, 7) is 2.79. The van der Waals surface area contributed by atoms with Crippen molar-refractivity contribution in [1.29, 1.82) is 0 Å².